The lowest BCUT2D eigenvalue weighted by atomic mass is 10.1. The van der Waals surface area contributed by atoms with Gasteiger partial charge in [0.1, 0.15) is 22.8 Å². The van der Waals surface area contributed by atoms with E-state index in [4.69, 9.17) is 4.74 Å². The molecule has 0 atom stereocenters. The number of likely N-dealkylation sites (tertiary alicyclic amines) is 1. The Morgan fingerprint density at radius 3 is 2.36 bits per heavy atom. The molecule has 25 heavy (non-hydrogen) atoms. The minimum absolute atomic E-state index is 0.00387. The van der Waals surface area contributed by atoms with E-state index in [9.17, 15) is 14.7 Å². The molecule has 2 aromatic carbocycles. The van der Waals surface area contributed by atoms with Crippen molar-refractivity contribution in [3.63, 3.8) is 0 Å². The molecule has 0 spiro atoms. The molecule has 1 N–H and O–H groups in total. The second-order valence-electron chi connectivity index (χ2n) is 6.12. The van der Waals surface area contributed by atoms with Crippen LogP contribution in [0.4, 0.5) is 0 Å². The molecule has 1 aliphatic rings. The highest BCUT2D eigenvalue weighted by Crippen LogP contribution is 2.28. The first-order valence-corrected chi connectivity index (χ1v) is 8.08. The minimum atomic E-state index is -0.438. The van der Waals surface area contributed by atoms with Crippen molar-refractivity contribution in [1.82, 2.24) is 4.90 Å². The SMILES string of the molecule is CC(C)N1CC(=O)/C(=C(/O)c2cccc(Oc3ccccc3)c2)C1=O. The number of nitrogens with zero attached hydrogens (tertiary/aromatic N) is 1. The number of ketones is 1. The summed E-state index contributed by atoms with van der Waals surface area (Å²) in [4.78, 5) is 26.0. The van der Waals surface area contributed by atoms with Crippen LogP contribution in [0.1, 0.15) is 19.4 Å². The zero-order valence-electron chi connectivity index (χ0n) is 14.1. The van der Waals surface area contributed by atoms with Crippen LogP contribution in [-0.4, -0.2) is 34.3 Å². The fraction of sp³-hybridized carbons (Fsp3) is 0.200. The van der Waals surface area contributed by atoms with Gasteiger partial charge in [-0.25, -0.2) is 0 Å². The van der Waals surface area contributed by atoms with Crippen molar-refractivity contribution in [2.24, 2.45) is 0 Å². The predicted molar refractivity (Wildman–Crippen MR) is 94.4 cm³/mol. The van der Waals surface area contributed by atoms with E-state index in [0.717, 1.165) is 0 Å². The van der Waals surface area contributed by atoms with E-state index in [2.05, 4.69) is 0 Å². The maximum absolute atomic E-state index is 12.4. The Morgan fingerprint density at radius 2 is 1.72 bits per heavy atom. The number of para-hydroxylation sites is 1. The van der Waals surface area contributed by atoms with E-state index < -0.39 is 5.91 Å². The number of carbonyl (C=O) groups is 2. The standard InChI is InChI=1S/C20H19NO4/c1-13(2)21-12-17(22)18(20(21)24)19(23)14-7-6-10-16(11-14)25-15-8-4-3-5-9-15/h3-11,13,23H,12H2,1-2H3/b19-18-. The highest BCUT2D eigenvalue weighted by Gasteiger charge is 2.38. The Bertz CT molecular complexity index is 840. The summed E-state index contributed by atoms with van der Waals surface area (Å²) in [5.41, 5.74) is 0.210. The number of carbonyl (C=O) groups excluding carboxylic acids is 2. The monoisotopic (exact) mass is 337 g/mol. The summed E-state index contributed by atoms with van der Waals surface area (Å²) >= 11 is 0. The van der Waals surface area contributed by atoms with Gasteiger partial charge in [-0.2, -0.15) is 0 Å². The van der Waals surface area contributed by atoms with Gasteiger partial charge in [-0.15, -0.1) is 0 Å². The van der Waals surface area contributed by atoms with E-state index in [0.29, 0.717) is 17.1 Å². The molecule has 1 fully saturated rings. The van der Waals surface area contributed by atoms with Crippen molar-refractivity contribution in [3.05, 3.63) is 65.7 Å². The maximum atomic E-state index is 12.4. The van der Waals surface area contributed by atoms with Gasteiger partial charge in [0.05, 0.1) is 6.54 Å². The van der Waals surface area contributed by atoms with Crippen LogP contribution in [0.5, 0.6) is 11.5 Å². The van der Waals surface area contributed by atoms with E-state index >= 15 is 0 Å². The molecule has 0 aromatic heterocycles. The van der Waals surface area contributed by atoms with E-state index in [1.54, 1.807) is 24.3 Å². The molecule has 5 nitrogen and oxygen atoms in total. The third kappa shape index (κ3) is 3.40. The summed E-state index contributed by atoms with van der Waals surface area (Å²) in [5, 5.41) is 10.5. The molecule has 0 aliphatic carbocycles. The van der Waals surface area contributed by atoms with E-state index in [-0.39, 0.29) is 29.7 Å². The summed E-state index contributed by atoms with van der Waals surface area (Å²) in [7, 11) is 0. The molecule has 3 rings (SSSR count). The molecule has 5 heteroatoms. The number of rotatable bonds is 4. The Hall–Kier alpha value is -3.08. The number of aliphatic hydroxyl groups excluding tert-OH is 1. The van der Waals surface area contributed by atoms with Gasteiger partial charge < -0.3 is 14.7 Å². The summed E-state index contributed by atoms with van der Waals surface area (Å²) in [5.74, 6) is 0.0504. The summed E-state index contributed by atoms with van der Waals surface area (Å²) in [6, 6.07) is 15.8. The molecule has 1 heterocycles. The van der Waals surface area contributed by atoms with Gasteiger partial charge in [0.2, 0.25) is 0 Å². The van der Waals surface area contributed by atoms with Crippen molar-refractivity contribution in [3.8, 4) is 11.5 Å². The third-order valence-electron chi connectivity index (χ3n) is 4.01. The molecule has 1 aliphatic heterocycles. The lowest BCUT2D eigenvalue weighted by molar-refractivity contribution is -0.126. The molecular weight excluding hydrogens is 318 g/mol. The fourth-order valence-electron chi connectivity index (χ4n) is 2.69. The molecule has 1 saturated heterocycles. The highest BCUT2D eigenvalue weighted by molar-refractivity contribution is 6.28. The summed E-state index contributed by atoms with van der Waals surface area (Å²) < 4.78 is 5.73. The van der Waals surface area contributed by atoms with Crippen LogP contribution in [-0.2, 0) is 9.59 Å². The second kappa shape index (κ2) is 6.81. The first-order chi connectivity index (χ1) is 12.0. The second-order valence-corrected chi connectivity index (χ2v) is 6.12. The molecule has 0 bridgehead atoms. The van der Waals surface area contributed by atoms with Gasteiger partial charge in [-0.05, 0) is 38.1 Å². The topological polar surface area (TPSA) is 66.8 Å². The number of benzene rings is 2. The first kappa shape index (κ1) is 16.8. The Labute approximate surface area is 146 Å². The van der Waals surface area contributed by atoms with Gasteiger partial charge in [0, 0.05) is 11.6 Å². The van der Waals surface area contributed by atoms with Gasteiger partial charge in [0.15, 0.2) is 5.78 Å². The maximum Gasteiger partial charge on any atom is 0.262 e. The van der Waals surface area contributed by atoms with Crippen LogP contribution in [0.2, 0.25) is 0 Å². The van der Waals surface area contributed by atoms with Crippen molar-refractivity contribution in [2.45, 2.75) is 19.9 Å². The summed E-state index contributed by atoms with van der Waals surface area (Å²) in [6.45, 7) is 3.66. The smallest absolute Gasteiger partial charge is 0.262 e. The van der Waals surface area contributed by atoms with Gasteiger partial charge in [-0.3, -0.25) is 9.59 Å². The van der Waals surface area contributed by atoms with Crippen molar-refractivity contribution in [2.75, 3.05) is 6.54 Å². The van der Waals surface area contributed by atoms with Crippen LogP contribution in [0, 0.1) is 0 Å². The normalized spacial score (nSPS) is 16.5. The third-order valence-corrected chi connectivity index (χ3v) is 4.01. The Morgan fingerprint density at radius 1 is 1.04 bits per heavy atom. The van der Waals surface area contributed by atoms with E-state index in [1.807, 2.05) is 44.2 Å². The fourth-order valence-corrected chi connectivity index (χ4v) is 2.69. The molecular formula is C20H19NO4. The van der Waals surface area contributed by atoms with Crippen LogP contribution < -0.4 is 4.74 Å². The quantitative estimate of drug-likeness (QED) is 0.526. The molecule has 0 unspecified atom stereocenters. The molecule has 1 amide bonds. The zero-order chi connectivity index (χ0) is 18.0. The molecule has 2 aromatic rings. The number of ether oxygens (including phenoxy) is 1. The molecule has 0 radical (unpaired) electrons. The van der Waals surface area contributed by atoms with Gasteiger partial charge in [0.25, 0.3) is 5.91 Å². The Balaban J connectivity index is 1.92. The minimum Gasteiger partial charge on any atom is -0.506 e. The molecule has 0 saturated carbocycles. The molecule has 128 valence electrons. The average molecular weight is 337 g/mol. The number of aliphatic hydroxyl groups is 1. The lowest BCUT2D eigenvalue weighted by Crippen LogP contribution is -2.32. The average Bonchev–Trinajstić information content (AvgIpc) is 2.90. The number of Topliss-reactive ketones (excluding diaryl/α,β-unsaturated/α-hetero) is 1. The highest BCUT2D eigenvalue weighted by atomic mass is 16.5. The van der Waals surface area contributed by atoms with Crippen LogP contribution in [0.15, 0.2) is 60.2 Å². The number of hydrogen-bond acceptors (Lipinski definition) is 4. The lowest BCUT2D eigenvalue weighted by Gasteiger charge is -2.18. The van der Waals surface area contributed by atoms with Crippen LogP contribution >= 0.6 is 0 Å². The van der Waals surface area contributed by atoms with E-state index in [1.165, 1.54) is 4.90 Å². The van der Waals surface area contributed by atoms with Crippen molar-refractivity contribution < 1.29 is 19.4 Å². The van der Waals surface area contributed by atoms with Gasteiger partial charge >= 0.3 is 0 Å². The van der Waals surface area contributed by atoms with Crippen LogP contribution in [0.25, 0.3) is 5.76 Å². The Kier molecular flexibility index (Phi) is 4.57. The van der Waals surface area contributed by atoms with Crippen molar-refractivity contribution in [1.29, 1.82) is 0 Å². The number of amides is 1. The van der Waals surface area contributed by atoms with Crippen LogP contribution in [0.3, 0.4) is 0 Å². The van der Waals surface area contributed by atoms with Gasteiger partial charge in [-0.1, -0.05) is 30.3 Å². The number of hydrogen-bond donors (Lipinski definition) is 1. The predicted octanol–water partition coefficient (Wildman–Crippen LogP) is 3.57. The summed E-state index contributed by atoms with van der Waals surface area (Å²) in [6.07, 6.45) is 0. The van der Waals surface area contributed by atoms with Crippen molar-refractivity contribution >= 4 is 17.4 Å². The largest absolute Gasteiger partial charge is 0.506 e. The first-order valence-electron chi connectivity index (χ1n) is 8.08. The zero-order valence-corrected chi connectivity index (χ0v) is 14.1.